The molecule has 0 aliphatic rings. The molecule has 0 saturated carbocycles. The average molecular weight is 357 g/mol. The fraction of sp³-hybridized carbons (Fsp3) is 0.143. The highest BCUT2D eigenvalue weighted by Gasteiger charge is 2.35. The van der Waals surface area contributed by atoms with Gasteiger partial charge in [0.1, 0.15) is 5.75 Å². The first-order valence-corrected chi connectivity index (χ1v) is 6.55. The van der Waals surface area contributed by atoms with Crippen LogP contribution in [0.15, 0.2) is 36.4 Å². The number of ether oxygens (including phenoxy) is 1. The van der Waals surface area contributed by atoms with Crippen molar-refractivity contribution in [3.8, 4) is 16.9 Å². The van der Waals surface area contributed by atoms with Gasteiger partial charge in [-0.3, -0.25) is 0 Å². The SMILES string of the molecule is FC(F)Oc1cc(-c2cc(Cl)cc(Cl)c2)ccc1C(F)(F)F. The first-order valence-electron chi connectivity index (χ1n) is 5.79. The highest BCUT2D eigenvalue weighted by atomic mass is 35.5. The molecule has 2 aromatic carbocycles. The predicted molar refractivity (Wildman–Crippen MR) is 73.5 cm³/mol. The predicted octanol–water partition coefficient (Wildman–Crippen LogP) is 6.28. The van der Waals surface area contributed by atoms with E-state index in [9.17, 15) is 22.0 Å². The summed E-state index contributed by atoms with van der Waals surface area (Å²) in [7, 11) is 0. The van der Waals surface area contributed by atoms with Crippen molar-refractivity contribution in [2.24, 2.45) is 0 Å². The molecule has 8 heteroatoms. The molecule has 0 saturated heterocycles. The Morgan fingerprint density at radius 1 is 0.864 bits per heavy atom. The van der Waals surface area contributed by atoms with Crippen LogP contribution in [0.4, 0.5) is 22.0 Å². The standard InChI is InChI=1S/C14H7Cl2F5O/c15-9-3-8(4-10(16)6-9)7-1-2-11(14(19,20)21)12(5-7)22-13(17)18/h1-6,13H. The third-order valence-corrected chi connectivity index (χ3v) is 3.14. The van der Waals surface area contributed by atoms with Crippen molar-refractivity contribution >= 4 is 23.2 Å². The van der Waals surface area contributed by atoms with Gasteiger partial charge in [0.05, 0.1) is 5.56 Å². The van der Waals surface area contributed by atoms with Crippen LogP contribution in [0.1, 0.15) is 5.56 Å². The van der Waals surface area contributed by atoms with Crippen molar-refractivity contribution in [3.05, 3.63) is 52.0 Å². The maximum absolute atomic E-state index is 12.8. The molecule has 0 N–H and O–H groups in total. The smallest absolute Gasteiger partial charge is 0.419 e. The van der Waals surface area contributed by atoms with Crippen LogP contribution in [-0.2, 0) is 6.18 Å². The van der Waals surface area contributed by atoms with E-state index in [1.54, 1.807) is 0 Å². The minimum Gasteiger partial charge on any atom is -0.434 e. The average Bonchev–Trinajstić information content (AvgIpc) is 2.35. The third kappa shape index (κ3) is 4.01. The fourth-order valence-electron chi connectivity index (χ4n) is 1.85. The Bertz CT molecular complexity index is 665. The Labute approximate surface area is 132 Å². The number of hydrogen-bond acceptors (Lipinski definition) is 1. The number of hydrogen-bond donors (Lipinski definition) is 0. The molecule has 0 bridgehead atoms. The van der Waals surface area contributed by atoms with E-state index in [0.717, 1.165) is 12.1 Å². The molecule has 0 aliphatic carbocycles. The summed E-state index contributed by atoms with van der Waals surface area (Å²) in [6.45, 7) is -3.38. The Hall–Kier alpha value is -1.53. The zero-order valence-electron chi connectivity index (χ0n) is 10.6. The zero-order chi connectivity index (χ0) is 16.5. The highest BCUT2D eigenvalue weighted by Crippen LogP contribution is 2.39. The molecule has 1 nitrogen and oxygen atoms in total. The van der Waals surface area contributed by atoms with Gasteiger partial charge in [-0.1, -0.05) is 29.3 Å². The van der Waals surface area contributed by atoms with Crippen molar-refractivity contribution in [2.75, 3.05) is 0 Å². The molecular weight excluding hydrogens is 350 g/mol. The molecule has 118 valence electrons. The summed E-state index contributed by atoms with van der Waals surface area (Å²) in [5.41, 5.74) is -0.692. The lowest BCUT2D eigenvalue weighted by Gasteiger charge is -2.15. The Balaban J connectivity index is 2.55. The van der Waals surface area contributed by atoms with Crippen LogP contribution in [-0.4, -0.2) is 6.61 Å². The van der Waals surface area contributed by atoms with E-state index < -0.39 is 24.1 Å². The topological polar surface area (TPSA) is 9.23 Å². The van der Waals surface area contributed by atoms with Crippen molar-refractivity contribution in [2.45, 2.75) is 12.8 Å². The number of benzene rings is 2. The first kappa shape index (κ1) is 16.8. The maximum atomic E-state index is 12.8. The van der Waals surface area contributed by atoms with Gasteiger partial charge in [-0.25, -0.2) is 0 Å². The monoisotopic (exact) mass is 356 g/mol. The van der Waals surface area contributed by atoms with Gasteiger partial charge in [0.15, 0.2) is 0 Å². The third-order valence-electron chi connectivity index (χ3n) is 2.70. The van der Waals surface area contributed by atoms with E-state index >= 15 is 0 Å². The van der Waals surface area contributed by atoms with Crippen LogP contribution < -0.4 is 4.74 Å². The summed E-state index contributed by atoms with van der Waals surface area (Å²) in [5.74, 6) is -0.962. The van der Waals surface area contributed by atoms with E-state index in [4.69, 9.17) is 23.2 Å². The van der Waals surface area contributed by atoms with E-state index in [0.29, 0.717) is 11.6 Å². The Morgan fingerprint density at radius 2 is 1.45 bits per heavy atom. The van der Waals surface area contributed by atoms with Gasteiger partial charge in [0.25, 0.3) is 0 Å². The second kappa shape index (κ2) is 6.30. The second-order valence-corrected chi connectivity index (χ2v) is 5.12. The minimum atomic E-state index is -4.81. The molecule has 0 aliphatic heterocycles. The highest BCUT2D eigenvalue weighted by molar-refractivity contribution is 6.35. The number of alkyl halides is 5. The van der Waals surface area contributed by atoms with Crippen LogP contribution in [0.25, 0.3) is 11.1 Å². The summed E-state index contributed by atoms with van der Waals surface area (Å²) in [5, 5.41) is 0.525. The summed E-state index contributed by atoms with van der Waals surface area (Å²) in [4.78, 5) is 0. The van der Waals surface area contributed by atoms with Crippen molar-refractivity contribution in [1.29, 1.82) is 0 Å². The summed E-state index contributed by atoms with van der Waals surface area (Å²) in [6, 6.07) is 7.00. The van der Waals surface area contributed by atoms with E-state index in [2.05, 4.69) is 4.74 Å². The van der Waals surface area contributed by atoms with E-state index in [-0.39, 0.29) is 15.6 Å². The van der Waals surface area contributed by atoms with E-state index in [1.807, 2.05) is 0 Å². The van der Waals surface area contributed by atoms with Crippen LogP contribution in [0, 0.1) is 0 Å². The lowest BCUT2D eigenvalue weighted by molar-refractivity contribution is -0.141. The maximum Gasteiger partial charge on any atom is 0.419 e. The van der Waals surface area contributed by atoms with Crippen LogP contribution in [0.5, 0.6) is 5.75 Å². The summed E-state index contributed by atoms with van der Waals surface area (Å²) < 4.78 is 67.0. The molecule has 2 rings (SSSR count). The van der Waals surface area contributed by atoms with Crippen LogP contribution in [0.2, 0.25) is 10.0 Å². The van der Waals surface area contributed by atoms with Crippen LogP contribution in [0.3, 0.4) is 0 Å². The van der Waals surface area contributed by atoms with Crippen molar-refractivity contribution < 1.29 is 26.7 Å². The molecule has 2 aromatic rings. The first-order chi connectivity index (χ1) is 10.2. The number of halogens is 7. The molecule has 0 fully saturated rings. The molecule has 0 unspecified atom stereocenters. The lowest BCUT2D eigenvalue weighted by Crippen LogP contribution is -2.11. The lowest BCUT2D eigenvalue weighted by atomic mass is 10.0. The van der Waals surface area contributed by atoms with Crippen molar-refractivity contribution in [1.82, 2.24) is 0 Å². The minimum absolute atomic E-state index is 0.216. The second-order valence-electron chi connectivity index (χ2n) is 4.25. The Morgan fingerprint density at radius 3 is 1.95 bits per heavy atom. The number of rotatable bonds is 3. The molecule has 0 atom stereocenters. The van der Waals surface area contributed by atoms with Gasteiger partial charge in [-0.2, -0.15) is 22.0 Å². The Kier molecular flexibility index (Phi) is 4.82. The van der Waals surface area contributed by atoms with Gasteiger partial charge in [0.2, 0.25) is 0 Å². The van der Waals surface area contributed by atoms with Gasteiger partial charge in [-0.05, 0) is 41.5 Å². The van der Waals surface area contributed by atoms with Gasteiger partial charge in [-0.15, -0.1) is 0 Å². The molecule has 22 heavy (non-hydrogen) atoms. The molecule has 0 amide bonds. The van der Waals surface area contributed by atoms with Crippen LogP contribution >= 0.6 is 23.2 Å². The zero-order valence-corrected chi connectivity index (χ0v) is 12.1. The molecule has 0 spiro atoms. The quantitative estimate of drug-likeness (QED) is 0.588. The summed E-state index contributed by atoms with van der Waals surface area (Å²) in [6.07, 6.45) is -4.81. The van der Waals surface area contributed by atoms with Crippen molar-refractivity contribution in [3.63, 3.8) is 0 Å². The largest absolute Gasteiger partial charge is 0.434 e. The normalized spacial score (nSPS) is 11.8. The molecular formula is C14H7Cl2F5O. The molecule has 0 radical (unpaired) electrons. The fourth-order valence-corrected chi connectivity index (χ4v) is 2.38. The summed E-state index contributed by atoms with van der Waals surface area (Å²) >= 11 is 11.6. The molecule has 0 heterocycles. The van der Waals surface area contributed by atoms with E-state index in [1.165, 1.54) is 18.2 Å². The van der Waals surface area contributed by atoms with Gasteiger partial charge in [0, 0.05) is 10.0 Å². The van der Waals surface area contributed by atoms with Gasteiger partial charge >= 0.3 is 12.8 Å². The molecule has 0 aromatic heterocycles. The van der Waals surface area contributed by atoms with Gasteiger partial charge < -0.3 is 4.74 Å².